The highest BCUT2D eigenvalue weighted by molar-refractivity contribution is 8.00. The van der Waals surface area contributed by atoms with E-state index in [0.29, 0.717) is 10.9 Å². The second-order valence-corrected chi connectivity index (χ2v) is 7.40. The van der Waals surface area contributed by atoms with Crippen molar-refractivity contribution in [2.24, 2.45) is 0 Å². The summed E-state index contributed by atoms with van der Waals surface area (Å²) in [4.78, 5) is 26.4. The zero-order valence-electron chi connectivity index (χ0n) is 15.3. The summed E-state index contributed by atoms with van der Waals surface area (Å²) in [7, 11) is 0. The van der Waals surface area contributed by atoms with Crippen LogP contribution in [0.5, 0.6) is 0 Å². The molecule has 0 saturated carbocycles. The Balaban J connectivity index is 1.55. The van der Waals surface area contributed by atoms with E-state index < -0.39 is 11.2 Å². The summed E-state index contributed by atoms with van der Waals surface area (Å²) in [5, 5.41) is 7.73. The second-order valence-electron chi connectivity index (χ2n) is 6.23. The van der Waals surface area contributed by atoms with Crippen LogP contribution >= 0.6 is 11.8 Å². The third kappa shape index (κ3) is 4.35. The molecule has 0 saturated heterocycles. The summed E-state index contributed by atoms with van der Waals surface area (Å²) in [6.07, 6.45) is 0. The van der Waals surface area contributed by atoms with Gasteiger partial charge in [-0.15, -0.1) is 16.9 Å². The Hall–Kier alpha value is -3.45. The number of aromatic nitrogens is 3. The molecule has 0 fully saturated rings. The largest absolute Gasteiger partial charge is 0.441 e. The van der Waals surface area contributed by atoms with Gasteiger partial charge in [0.25, 0.3) is 5.56 Å². The first-order valence-corrected chi connectivity index (χ1v) is 9.86. The number of benzene rings is 3. The lowest BCUT2D eigenvalue weighted by molar-refractivity contribution is -0.147. The number of rotatable bonds is 6. The van der Waals surface area contributed by atoms with Crippen molar-refractivity contribution < 1.29 is 9.53 Å². The summed E-state index contributed by atoms with van der Waals surface area (Å²) in [6.45, 7) is -0.297. The predicted molar refractivity (Wildman–Crippen MR) is 111 cm³/mol. The van der Waals surface area contributed by atoms with Crippen LogP contribution in [0.15, 0.2) is 94.6 Å². The minimum atomic E-state index is -0.567. The van der Waals surface area contributed by atoms with Crippen molar-refractivity contribution in [3.63, 3.8) is 0 Å². The molecular formula is C22H17N3O3S. The fourth-order valence-electron chi connectivity index (χ4n) is 2.82. The molecule has 7 heteroatoms. The number of nitrogens with zero attached hydrogens (tertiary/aromatic N) is 3. The van der Waals surface area contributed by atoms with Crippen LogP contribution in [0.2, 0.25) is 0 Å². The van der Waals surface area contributed by atoms with Crippen molar-refractivity contribution in [3.8, 4) is 0 Å². The Morgan fingerprint density at radius 2 is 1.59 bits per heavy atom. The maximum atomic E-state index is 12.9. The second kappa shape index (κ2) is 8.70. The average molecular weight is 403 g/mol. The van der Waals surface area contributed by atoms with Gasteiger partial charge in [-0.1, -0.05) is 65.9 Å². The molecule has 0 N–H and O–H groups in total. The minimum Gasteiger partial charge on any atom is -0.441 e. The van der Waals surface area contributed by atoms with Gasteiger partial charge in [-0.05, 0) is 29.8 Å². The van der Waals surface area contributed by atoms with Crippen LogP contribution in [0.1, 0.15) is 10.8 Å². The SMILES string of the molecule is O=C(OCn1nnc2ccccc2c1=O)C(Sc1ccccc1)c1ccccc1. The van der Waals surface area contributed by atoms with E-state index in [1.54, 1.807) is 24.3 Å². The van der Waals surface area contributed by atoms with Gasteiger partial charge < -0.3 is 4.74 Å². The van der Waals surface area contributed by atoms with E-state index in [1.807, 2.05) is 60.7 Å². The van der Waals surface area contributed by atoms with Crippen molar-refractivity contribution in [3.05, 3.63) is 101 Å². The summed E-state index contributed by atoms with van der Waals surface area (Å²) in [5.41, 5.74) is 0.973. The number of esters is 1. The maximum Gasteiger partial charge on any atom is 0.325 e. The Bertz CT molecular complexity index is 1180. The van der Waals surface area contributed by atoms with Crippen LogP contribution in [0, 0.1) is 0 Å². The van der Waals surface area contributed by atoms with Gasteiger partial charge in [-0.3, -0.25) is 9.59 Å². The molecule has 144 valence electrons. The molecule has 6 nitrogen and oxygen atoms in total. The van der Waals surface area contributed by atoms with Gasteiger partial charge in [0.1, 0.15) is 10.8 Å². The number of hydrogen-bond acceptors (Lipinski definition) is 6. The van der Waals surface area contributed by atoms with Crippen LogP contribution in [0.25, 0.3) is 10.9 Å². The zero-order valence-corrected chi connectivity index (χ0v) is 16.2. The zero-order chi connectivity index (χ0) is 20.1. The fraction of sp³-hybridized carbons (Fsp3) is 0.0909. The van der Waals surface area contributed by atoms with E-state index >= 15 is 0 Å². The summed E-state index contributed by atoms with van der Waals surface area (Å²) >= 11 is 1.39. The van der Waals surface area contributed by atoms with E-state index in [9.17, 15) is 9.59 Å². The van der Waals surface area contributed by atoms with Crippen LogP contribution in [-0.4, -0.2) is 21.0 Å². The van der Waals surface area contributed by atoms with E-state index in [-0.39, 0.29) is 12.3 Å². The molecule has 1 aromatic heterocycles. The van der Waals surface area contributed by atoms with Gasteiger partial charge in [-0.2, -0.15) is 4.68 Å². The van der Waals surface area contributed by atoms with Crippen LogP contribution in [-0.2, 0) is 16.3 Å². The molecule has 0 bridgehead atoms. The van der Waals surface area contributed by atoms with E-state index in [0.717, 1.165) is 15.1 Å². The van der Waals surface area contributed by atoms with Crippen molar-refractivity contribution in [2.75, 3.05) is 0 Å². The lowest BCUT2D eigenvalue weighted by Gasteiger charge is -2.16. The molecule has 0 amide bonds. The molecule has 1 heterocycles. The number of thioether (sulfide) groups is 1. The summed E-state index contributed by atoms with van der Waals surface area (Å²) in [5.74, 6) is -0.452. The average Bonchev–Trinajstić information content (AvgIpc) is 2.78. The summed E-state index contributed by atoms with van der Waals surface area (Å²) in [6, 6.07) is 25.9. The van der Waals surface area contributed by atoms with Crippen molar-refractivity contribution in [1.29, 1.82) is 0 Å². The Kier molecular flexibility index (Phi) is 5.67. The first kappa shape index (κ1) is 18.9. The van der Waals surface area contributed by atoms with Crippen molar-refractivity contribution in [2.45, 2.75) is 16.9 Å². The number of carbonyl (C=O) groups is 1. The van der Waals surface area contributed by atoms with Crippen LogP contribution in [0.4, 0.5) is 0 Å². The molecule has 0 spiro atoms. The molecule has 1 unspecified atom stereocenters. The number of ether oxygens (including phenoxy) is 1. The third-order valence-electron chi connectivity index (χ3n) is 4.27. The molecule has 4 rings (SSSR count). The lowest BCUT2D eigenvalue weighted by atomic mass is 10.1. The highest BCUT2D eigenvalue weighted by Gasteiger charge is 2.24. The fourth-order valence-corrected chi connectivity index (χ4v) is 3.87. The van der Waals surface area contributed by atoms with Crippen LogP contribution in [0.3, 0.4) is 0 Å². The Labute approximate surface area is 171 Å². The van der Waals surface area contributed by atoms with Gasteiger partial charge in [-0.25, -0.2) is 0 Å². The summed E-state index contributed by atoms with van der Waals surface area (Å²) < 4.78 is 6.50. The lowest BCUT2D eigenvalue weighted by Crippen LogP contribution is -2.27. The van der Waals surface area contributed by atoms with Gasteiger partial charge in [0.15, 0.2) is 6.73 Å². The molecule has 3 aromatic carbocycles. The molecular weight excluding hydrogens is 386 g/mol. The van der Waals surface area contributed by atoms with E-state index in [4.69, 9.17) is 4.74 Å². The quantitative estimate of drug-likeness (QED) is 0.360. The Morgan fingerprint density at radius 3 is 2.34 bits per heavy atom. The van der Waals surface area contributed by atoms with Gasteiger partial charge in [0, 0.05) is 4.90 Å². The minimum absolute atomic E-state index is 0.297. The number of hydrogen-bond donors (Lipinski definition) is 0. The van der Waals surface area contributed by atoms with Gasteiger partial charge in [0.2, 0.25) is 0 Å². The first-order valence-electron chi connectivity index (χ1n) is 8.98. The number of carbonyl (C=O) groups excluding carboxylic acids is 1. The topological polar surface area (TPSA) is 74.1 Å². The normalized spacial score (nSPS) is 11.9. The number of fused-ring (bicyclic) bond motifs is 1. The monoisotopic (exact) mass is 403 g/mol. The molecule has 0 aliphatic carbocycles. The highest BCUT2D eigenvalue weighted by atomic mass is 32.2. The standard InChI is InChI=1S/C22H17N3O3S/c26-21-18-13-7-8-14-19(18)23-24-25(21)15-28-22(27)20(16-9-3-1-4-10-16)29-17-11-5-2-6-12-17/h1-14,20H,15H2. The van der Waals surface area contributed by atoms with E-state index in [2.05, 4.69) is 10.3 Å². The van der Waals surface area contributed by atoms with Gasteiger partial charge >= 0.3 is 5.97 Å². The molecule has 4 aromatic rings. The highest BCUT2D eigenvalue weighted by Crippen LogP contribution is 2.36. The third-order valence-corrected chi connectivity index (χ3v) is 5.52. The van der Waals surface area contributed by atoms with Crippen molar-refractivity contribution >= 4 is 28.6 Å². The van der Waals surface area contributed by atoms with Gasteiger partial charge in [0.05, 0.1) is 5.39 Å². The van der Waals surface area contributed by atoms with E-state index in [1.165, 1.54) is 11.8 Å². The van der Waals surface area contributed by atoms with Crippen molar-refractivity contribution in [1.82, 2.24) is 15.0 Å². The first-order chi connectivity index (χ1) is 14.2. The molecule has 29 heavy (non-hydrogen) atoms. The van der Waals surface area contributed by atoms with Crippen LogP contribution < -0.4 is 5.56 Å². The smallest absolute Gasteiger partial charge is 0.325 e. The molecule has 0 radical (unpaired) electrons. The molecule has 0 aliphatic rings. The molecule has 0 aliphatic heterocycles. The Morgan fingerprint density at radius 1 is 0.931 bits per heavy atom. The maximum absolute atomic E-state index is 12.9. The molecule has 1 atom stereocenters. The predicted octanol–water partition coefficient (Wildman–Crippen LogP) is 3.83.